The van der Waals surface area contributed by atoms with Gasteiger partial charge >= 0.3 is 5.97 Å². The van der Waals surface area contributed by atoms with Crippen LogP contribution in [-0.2, 0) is 4.79 Å². The van der Waals surface area contributed by atoms with E-state index in [2.05, 4.69) is 5.32 Å². The second-order valence-electron chi connectivity index (χ2n) is 4.22. The Morgan fingerprint density at radius 1 is 1.35 bits per heavy atom. The van der Waals surface area contributed by atoms with E-state index in [4.69, 9.17) is 5.11 Å². The first-order valence-corrected chi connectivity index (χ1v) is 6.25. The fourth-order valence-electron chi connectivity index (χ4n) is 1.48. The molecule has 1 rings (SSSR count). The number of hydrogen-bond donors (Lipinski definition) is 2. The minimum Gasteiger partial charge on any atom is -0.481 e. The monoisotopic (exact) mass is 255 g/mol. The van der Waals surface area contributed by atoms with E-state index in [1.54, 1.807) is 25.2 Å². The van der Waals surface area contributed by atoms with Gasteiger partial charge in [-0.2, -0.15) is 0 Å². The van der Waals surface area contributed by atoms with Gasteiger partial charge in [0.05, 0.1) is 11.5 Å². The molecule has 2 atom stereocenters. The molecular formula is C12H17NO3S. The highest BCUT2D eigenvalue weighted by molar-refractivity contribution is 7.12. The summed E-state index contributed by atoms with van der Waals surface area (Å²) in [4.78, 5) is 24.7. The van der Waals surface area contributed by atoms with Gasteiger partial charge in [-0.3, -0.25) is 9.59 Å². The molecule has 0 aliphatic carbocycles. The number of carbonyl (C=O) groups excluding carboxylic acids is 1. The van der Waals surface area contributed by atoms with Crippen LogP contribution in [0.2, 0.25) is 0 Å². The lowest BCUT2D eigenvalue weighted by Gasteiger charge is -2.17. The summed E-state index contributed by atoms with van der Waals surface area (Å²) in [6, 6.07) is 1.44. The van der Waals surface area contributed by atoms with E-state index in [1.165, 1.54) is 0 Å². The van der Waals surface area contributed by atoms with Gasteiger partial charge in [0.25, 0.3) is 5.91 Å². The van der Waals surface area contributed by atoms with Crippen molar-refractivity contribution < 1.29 is 14.7 Å². The molecule has 1 aromatic heterocycles. The predicted octanol–water partition coefficient (Wildman–Crippen LogP) is 2.20. The molecule has 0 saturated carbocycles. The predicted molar refractivity (Wildman–Crippen MR) is 67.5 cm³/mol. The van der Waals surface area contributed by atoms with E-state index in [-0.39, 0.29) is 11.9 Å². The maximum Gasteiger partial charge on any atom is 0.308 e. The quantitative estimate of drug-likeness (QED) is 0.866. The Labute approximate surface area is 105 Å². The van der Waals surface area contributed by atoms with Crippen molar-refractivity contribution >= 4 is 23.2 Å². The zero-order valence-corrected chi connectivity index (χ0v) is 11.2. The molecule has 2 unspecified atom stereocenters. The molecule has 0 fully saturated rings. The molecule has 1 heterocycles. The molecule has 1 amide bonds. The van der Waals surface area contributed by atoms with E-state index in [0.29, 0.717) is 5.56 Å². The van der Waals surface area contributed by atoms with Crippen LogP contribution < -0.4 is 5.32 Å². The summed E-state index contributed by atoms with van der Waals surface area (Å²) in [5, 5.41) is 11.6. The Morgan fingerprint density at radius 3 is 2.35 bits per heavy atom. The van der Waals surface area contributed by atoms with Gasteiger partial charge in [-0.05, 0) is 33.8 Å². The van der Waals surface area contributed by atoms with Crippen molar-refractivity contribution in [1.82, 2.24) is 5.32 Å². The summed E-state index contributed by atoms with van der Waals surface area (Å²) in [5.41, 5.74) is 0.636. The number of aryl methyl sites for hydroxylation is 2. The summed E-state index contributed by atoms with van der Waals surface area (Å²) in [5.74, 6) is -1.71. The first-order chi connectivity index (χ1) is 7.82. The van der Waals surface area contributed by atoms with Crippen LogP contribution in [0.15, 0.2) is 6.07 Å². The molecular weight excluding hydrogens is 238 g/mol. The maximum absolute atomic E-state index is 11.9. The molecule has 0 aromatic carbocycles. The van der Waals surface area contributed by atoms with E-state index >= 15 is 0 Å². The second-order valence-corrected chi connectivity index (χ2v) is 5.68. The third-order valence-corrected chi connectivity index (χ3v) is 3.75. The van der Waals surface area contributed by atoms with Crippen LogP contribution in [0.4, 0.5) is 0 Å². The molecule has 0 radical (unpaired) electrons. The van der Waals surface area contributed by atoms with Crippen LogP contribution in [0, 0.1) is 19.8 Å². The van der Waals surface area contributed by atoms with Crippen LogP contribution in [0.25, 0.3) is 0 Å². The van der Waals surface area contributed by atoms with Crippen LogP contribution >= 0.6 is 11.3 Å². The van der Waals surface area contributed by atoms with Gasteiger partial charge in [0, 0.05) is 15.8 Å². The summed E-state index contributed by atoms with van der Waals surface area (Å²) < 4.78 is 0. The zero-order valence-electron chi connectivity index (χ0n) is 10.4. The first-order valence-electron chi connectivity index (χ1n) is 5.43. The van der Waals surface area contributed by atoms with Crippen LogP contribution in [0.5, 0.6) is 0 Å². The average Bonchev–Trinajstić information content (AvgIpc) is 2.56. The van der Waals surface area contributed by atoms with E-state index in [9.17, 15) is 9.59 Å². The number of amides is 1. The topological polar surface area (TPSA) is 66.4 Å². The molecule has 1 aromatic rings. The van der Waals surface area contributed by atoms with E-state index in [1.807, 2.05) is 19.9 Å². The van der Waals surface area contributed by atoms with Crippen molar-refractivity contribution in [3.05, 3.63) is 21.4 Å². The average molecular weight is 255 g/mol. The molecule has 0 spiro atoms. The third kappa shape index (κ3) is 3.30. The molecule has 4 nitrogen and oxygen atoms in total. The Balaban J connectivity index is 2.73. The van der Waals surface area contributed by atoms with Crippen molar-refractivity contribution in [3.63, 3.8) is 0 Å². The lowest BCUT2D eigenvalue weighted by molar-refractivity contribution is -0.141. The molecule has 5 heteroatoms. The number of rotatable bonds is 4. The standard InChI is InChI=1S/C12H17NO3S/c1-6-5-10(9(4)17-6)11(14)13-8(3)7(2)12(15)16/h5,7-8H,1-4H3,(H,13,14)(H,15,16). The molecule has 0 aliphatic heterocycles. The van der Waals surface area contributed by atoms with Gasteiger partial charge in [0.2, 0.25) is 0 Å². The zero-order chi connectivity index (χ0) is 13.2. The molecule has 0 bridgehead atoms. The van der Waals surface area contributed by atoms with Crippen molar-refractivity contribution in [2.45, 2.75) is 33.7 Å². The van der Waals surface area contributed by atoms with Crippen molar-refractivity contribution in [2.24, 2.45) is 5.92 Å². The Bertz CT molecular complexity index is 439. The number of carboxylic acids is 1. The van der Waals surface area contributed by atoms with Gasteiger partial charge in [0.15, 0.2) is 0 Å². The third-order valence-electron chi connectivity index (χ3n) is 2.78. The number of nitrogens with one attached hydrogen (secondary N) is 1. The number of thiophene rings is 1. The highest BCUT2D eigenvalue weighted by Crippen LogP contribution is 2.20. The molecule has 0 aliphatic rings. The first kappa shape index (κ1) is 13.7. The minimum atomic E-state index is -0.906. The van der Waals surface area contributed by atoms with Gasteiger partial charge in [0.1, 0.15) is 0 Å². The van der Waals surface area contributed by atoms with Gasteiger partial charge in [-0.25, -0.2) is 0 Å². The van der Waals surface area contributed by atoms with Crippen LogP contribution in [0.1, 0.15) is 34.0 Å². The van der Waals surface area contributed by atoms with E-state index < -0.39 is 11.9 Å². The Hall–Kier alpha value is -1.36. The highest BCUT2D eigenvalue weighted by atomic mass is 32.1. The fraction of sp³-hybridized carbons (Fsp3) is 0.500. The SMILES string of the molecule is Cc1cc(C(=O)NC(C)C(C)C(=O)O)c(C)s1. The number of aliphatic carboxylic acids is 1. The Kier molecular flexibility index (Phi) is 4.28. The van der Waals surface area contributed by atoms with Crippen LogP contribution in [-0.4, -0.2) is 23.0 Å². The fourth-order valence-corrected chi connectivity index (χ4v) is 2.40. The minimum absolute atomic E-state index is 0.201. The second kappa shape index (κ2) is 5.31. The lowest BCUT2D eigenvalue weighted by Crippen LogP contribution is -2.40. The largest absolute Gasteiger partial charge is 0.481 e. The normalized spacial score (nSPS) is 14.1. The molecule has 17 heavy (non-hydrogen) atoms. The Morgan fingerprint density at radius 2 is 1.94 bits per heavy atom. The summed E-state index contributed by atoms with van der Waals surface area (Å²) >= 11 is 1.56. The van der Waals surface area contributed by atoms with E-state index in [0.717, 1.165) is 9.75 Å². The summed E-state index contributed by atoms with van der Waals surface area (Å²) in [7, 11) is 0. The smallest absolute Gasteiger partial charge is 0.308 e. The van der Waals surface area contributed by atoms with Crippen molar-refractivity contribution in [2.75, 3.05) is 0 Å². The molecule has 0 saturated heterocycles. The molecule has 2 N–H and O–H groups in total. The summed E-state index contributed by atoms with van der Waals surface area (Å²) in [6.45, 7) is 7.11. The van der Waals surface area contributed by atoms with Crippen LogP contribution in [0.3, 0.4) is 0 Å². The summed E-state index contributed by atoms with van der Waals surface area (Å²) in [6.07, 6.45) is 0. The number of carbonyl (C=O) groups is 2. The molecule has 94 valence electrons. The van der Waals surface area contributed by atoms with Crippen molar-refractivity contribution in [3.8, 4) is 0 Å². The van der Waals surface area contributed by atoms with Crippen molar-refractivity contribution in [1.29, 1.82) is 0 Å². The maximum atomic E-state index is 11.9. The van der Waals surface area contributed by atoms with Gasteiger partial charge < -0.3 is 10.4 Å². The lowest BCUT2D eigenvalue weighted by atomic mass is 10.0. The van der Waals surface area contributed by atoms with Gasteiger partial charge in [-0.15, -0.1) is 11.3 Å². The highest BCUT2D eigenvalue weighted by Gasteiger charge is 2.22. The number of carboxylic acid groups (broad SMARTS) is 1. The van der Waals surface area contributed by atoms with Gasteiger partial charge in [-0.1, -0.05) is 0 Å². The number of hydrogen-bond acceptors (Lipinski definition) is 3.